The van der Waals surface area contributed by atoms with Crippen LogP contribution in [-0.2, 0) is 4.74 Å². The molecule has 1 aromatic rings. The Hall–Kier alpha value is -1.29. The second-order valence-electron chi connectivity index (χ2n) is 5.61. The van der Waals surface area contributed by atoms with Gasteiger partial charge in [-0.15, -0.1) is 0 Å². The Morgan fingerprint density at radius 1 is 1.44 bits per heavy atom. The molecule has 18 heavy (non-hydrogen) atoms. The summed E-state index contributed by atoms with van der Waals surface area (Å²) < 4.78 is 10.9. The maximum atomic E-state index is 12.2. The van der Waals surface area contributed by atoms with Gasteiger partial charge in [0.15, 0.2) is 0 Å². The van der Waals surface area contributed by atoms with E-state index in [0.717, 1.165) is 39.0 Å². The third kappa shape index (κ3) is 2.05. The van der Waals surface area contributed by atoms with Gasteiger partial charge >= 0.3 is 0 Å². The molecule has 3 rings (SSSR count). The van der Waals surface area contributed by atoms with Crippen molar-refractivity contribution in [3.05, 3.63) is 24.2 Å². The summed E-state index contributed by atoms with van der Waals surface area (Å²) in [5, 5.41) is 0. The zero-order chi connectivity index (χ0) is 12.6. The third-order valence-corrected chi connectivity index (χ3v) is 4.12. The van der Waals surface area contributed by atoms with Crippen molar-refractivity contribution in [3.8, 4) is 0 Å². The molecule has 2 saturated heterocycles. The van der Waals surface area contributed by atoms with E-state index >= 15 is 0 Å². The Morgan fingerprint density at radius 2 is 2.22 bits per heavy atom. The van der Waals surface area contributed by atoms with E-state index in [4.69, 9.17) is 9.15 Å². The van der Waals surface area contributed by atoms with Gasteiger partial charge in [-0.3, -0.25) is 4.79 Å². The van der Waals surface area contributed by atoms with E-state index in [1.165, 1.54) is 6.26 Å². The number of likely N-dealkylation sites (tertiary alicyclic amines) is 1. The first-order valence-electron chi connectivity index (χ1n) is 6.64. The molecule has 98 valence electrons. The highest BCUT2D eigenvalue weighted by Gasteiger charge is 2.42. The van der Waals surface area contributed by atoms with Crippen LogP contribution in [0.3, 0.4) is 0 Å². The lowest BCUT2D eigenvalue weighted by molar-refractivity contribution is -0.0390. The number of nitrogens with zero attached hydrogens (tertiary/aromatic N) is 1. The topological polar surface area (TPSA) is 42.7 Å². The molecule has 2 fully saturated rings. The normalized spacial score (nSPS) is 26.7. The molecular formula is C14H19NO3. The summed E-state index contributed by atoms with van der Waals surface area (Å²) in [5.41, 5.74) is 0.693. The molecule has 4 nitrogen and oxygen atoms in total. The van der Waals surface area contributed by atoms with E-state index < -0.39 is 0 Å². The maximum absolute atomic E-state index is 12.2. The van der Waals surface area contributed by atoms with E-state index in [1.54, 1.807) is 12.3 Å². The summed E-state index contributed by atoms with van der Waals surface area (Å²) in [7, 11) is 0. The van der Waals surface area contributed by atoms with Crippen molar-refractivity contribution in [2.45, 2.75) is 31.8 Å². The summed E-state index contributed by atoms with van der Waals surface area (Å²) in [6.07, 6.45) is 6.11. The number of carbonyl (C=O) groups is 1. The van der Waals surface area contributed by atoms with Crippen LogP contribution in [0.15, 0.2) is 23.0 Å². The van der Waals surface area contributed by atoms with Crippen LogP contribution in [0.4, 0.5) is 0 Å². The Morgan fingerprint density at radius 3 is 2.78 bits per heavy atom. The molecule has 0 bridgehead atoms. The molecule has 1 atom stereocenters. The summed E-state index contributed by atoms with van der Waals surface area (Å²) in [6.45, 7) is 4.68. The van der Waals surface area contributed by atoms with E-state index in [9.17, 15) is 4.79 Å². The Balaban J connectivity index is 1.62. The number of rotatable bonds is 1. The zero-order valence-corrected chi connectivity index (χ0v) is 10.7. The van der Waals surface area contributed by atoms with Crippen LogP contribution >= 0.6 is 0 Å². The largest absolute Gasteiger partial charge is 0.472 e. The van der Waals surface area contributed by atoms with Crippen LogP contribution < -0.4 is 0 Å². The predicted octanol–water partition coefficient (Wildman–Crippen LogP) is 2.31. The standard InChI is InChI=1S/C14H19NO3/c1-11-8-14(18-9-11)3-5-15(6-4-14)13(16)12-2-7-17-10-12/h2,7,10-11H,3-6,8-9H2,1H3/t11-/m1/s1. The second kappa shape index (κ2) is 4.43. The number of piperidine rings is 1. The minimum Gasteiger partial charge on any atom is -0.472 e. The van der Waals surface area contributed by atoms with Crippen molar-refractivity contribution in [2.75, 3.05) is 19.7 Å². The van der Waals surface area contributed by atoms with Crippen molar-refractivity contribution < 1.29 is 13.9 Å². The molecule has 0 saturated carbocycles. The fourth-order valence-corrected chi connectivity index (χ4v) is 3.11. The van der Waals surface area contributed by atoms with Crippen LogP contribution in [0.25, 0.3) is 0 Å². The average molecular weight is 249 g/mol. The van der Waals surface area contributed by atoms with Gasteiger partial charge in [-0.1, -0.05) is 6.92 Å². The molecular weight excluding hydrogens is 230 g/mol. The lowest BCUT2D eigenvalue weighted by Gasteiger charge is -2.38. The summed E-state index contributed by atoms with van der Waals surface area (Å²) >= 11 is 0. The van der Waals surface area contributed by atoms with E-state index in [1.807, 2.05) is 4.90 Å². The first-order valence-corrected chi connectivity index (χ1v) is 6.64. The maximum Gasteiger partial charge on any atom is 0.257 e. The Bertz CT molecular complexity index is 418. The first kappa shape index (κ1) is 11.8. The number of furan rings is 1. The van der Waals surface area contributed by atoms with Crippen molar-refractivity contribution in [3.63, 3.8) is 0 Å². The van der Waals surface area contributed by atoms with Gasteiger partial charge in [0.25, 0.3) is 5.91 Å². The van der Waals surface area contributed by atoms with Gasteiger partial charge in [-0.2, -0.15) is 0 Å². The molecule has 0 N–H and O–H groups in total. The Labute approximate surface area is 107 Å². The van der Waals surface area contributed by atoms with Crippen LogP contribution in [0, 0.1) is 5.92 Å². The van der Waals surface area contributed by atoms with Crippen molar-refractivity contribution >= 4 is 5.91 Å². The van der Waals surface area contributed by atoms with Gasteiger partial charge < -0.3 is 14.1 Å². The summed E-state index contributed by atoms with van der Waals surface area (Å²) in [5.74, 6) is 0.728. The highest BCUT2D eigenvalue weighted by molar-refractivity contribution is 5.93. The summed E-state index contributed by atoms with van der Waals surface area (Å²) in [4.78, 5) is 14.1. The van der Waals surface area contributed by atoms with Crippen molar-refractivity contribution in [1.29, 1.82) is 0 Å². The van der Waals surface area contributed by atoms with Gasteiger partial charge in [0, 0.05) is 19.7 Å². The molecule has 4 heteroatoms. The fourth-order valence-electron chi connectivity index (χ4n) is 3.11. The number of ether oxygens (including phenoxy) is 1. The number of amides is 1. The molecule has 0 radical (unpaired) electrons. The molecule has 1 spiro atoms. The average Bonchev–Trinajstić information content (AvgIpc) is 3.00. The minimum absolute atomic E-state index is 0.0482. The molecule has 3 heterocycles. The Kier molecular flexibility index (Phi) is 2.90. The predicted molar refractivity (Wildman–Crippen MR) is 66.3 cm³/mol. The van der Waals surface area contributed by atoms with Gasteiger partial charge in [-0.05, 0) is 31.2 Å². The molecule has 0 aromatic carbocycles. The van der Waals surface area contributed by atoms with Gasteiger partial charge in [-0.25, -0.2) is 0 Å². The molecule has 2 aliphatic heterocycles. The molecule has 0 unspecified atom stereocenters. The molecule has 1 aromatic heterocycles. The quantitative estimate of drug-likeness (QED) is 0.767. The third-order valence-electron chi connectivity index (χ3n) is 4.12. The number of carbonyl (C=O) groups excluding carboxylic acids is 1. The lowest BCUT2D eigenvalue weighted by Crippen LogP contribution is -2.46. The van der Waals surface area contributed by atoms with E-state index in [-0.39, 0.29) is 11.5 Å². The number of hydrogen-bond donors (Lipinski definition) is 0. The number of hydrogen-bond acceptors (Lipinski definition) is 3. The van der Waals surface area contributed by atoms with Crippen molar-refractivity contribution in [2.24, 2.45) is 5.92 Å². The smallest absolute Gasteiger partial charge is 0.257 e. The van der Waals surface area contributed by atoms with Crippen LogP contribution in [0.2, 0.25) is 0 Å². The monoisotopic (exact) mass is 249 g/mol. The highest BCUT2D eigenvalue weighted by atomic mass is 16.5. The second-order valence-corrected chi connectivity index (χ2v) is 5.61. The minimum atomic E-state index is 0.0482. The molecule has 0 aliphatic carbocycles. The lowest BCUT2D eigenvalue weighted by atomic mass is 9.86. The SMILES string of the molecule is C[C@H]1COC2(CCN(C(=O)c3ccoc3)CC2)C1. The fraction of sp³-hybridized carbons (Fsp3) is 0.643. The van der Waals surface area contributed by atoms with E-state index in [2.05, 4.69) is 6.92 Å². The van der Waals surface area contributed by atoms with Gasteiger partial charge in [0.2, 0.25) is 0 Å². The van der Waals surface area contributed by atoms with E-state index in [0.29, 0.717) is 11.5 Å². The molecule has 2 aliphatic rings. The van der Waals surface area contributed by atoms with Gasteiger partial charge in [0.05, 0.1) is 17.4 Å². The highest BCUT2D eigenvalue weighted by Crippen LogP contribution is 2.38. The molecule has 1 amide bonds. The van der Waals surface area contributed by atoms with Crippen molar-refractivity contribution in [1.82, 2.24) is 4.90 Å². The summed E-state index contributed by atoms with van der Waals surface area (Å²) in [6, 6.07) is 1.72. The van der Waals surface area contributed by atoms with Crippen LogP contribution in [0.1, 0.15) is 36.5 Å². The van der Waals surface area contributed by atoms with Gasteiger partial charge in [0.1, 0.15) is 6.26 Å². The zero-order valence-electron chi connectivity index (χ0n) is 10.7. The first-order chi connectivity index (χ1) is 8.69. The van der Waals surface area contributed by atoms with Crippen LogP contribution in [-0.4, -0.2) is 36.1 Å². The van der Waals surface area contributed by atoms with Crippen LogP contribution in [0.5, 0.6) is 0 Å².